The molecule has 9 heteroatoms. The number of carbonyl (C=O) groups is 1. The number of aryl methyl sites for hydroxylation is 1. The maximum absolute atomic E-state index is 12.4. The fourth-order valence-corrected chi connectivity index (χ4v) is 3.89. The standard InChI is InChI=1S/C16H18N4O4S/c1-12-18-20(10-15(21)17-14-7-8-25(23,24)11-14)16(22)19(12)9-13-5-3-2-4-6-13/h2-8,14H,9-11H2,1H3,(H,17,21)/t14-/m1/s1. The van der Waals surface area contributed by atoms with Gasteiger partial charge in [0.05, 0.1) is 18.3 Å². The number of carbonyl (C=O) groups excluding carboxylic acids is 1. The molecule has 1 aliphatic heterocycles. The van der Waals surface area contributed by atoms with Gasteiger partial charge in [0.1, 0.15) is 12.4 Å². The molecule has 1 aliphatic rings. The van der Waals surface area contributed by atoms with Crippen LogP contribution in [-0.2, 0) is 27.7 Å². The lowest BCUT2D eigenvalue weighted by atomic mass is 10.2. The summed E-state index contributed by atoms with van der Waals surface area (Å²) in [5.41, 5.74) is 0.573. The molecule has 1 amide bonds. The third-order valence-electron chi connectivity index (χ3n) is 3.86. The molecule has 0 saturated carbocycles. The van der Waals surface area contributed by atoms with Gasteiger partial charge >= 0.3 is 5.69 Å². The zero-order valence-corrected chi connectivity index (χ0v) is 14.4. The van der Waals surface area contributed by atoms with Gasteiger partial charge in [0, 0.05) is 5.41 Å². The summed E-state index contributed by atoms with van der Waals surface area (Å²) in [5, 5.41) is 7.78. The normalized spacial score (nSPS) is 18.4. The second kappa shape index (κ2) is 6.67. The minimum absolute atomic E-state index is 0.158. The number of amides is 1. The molecule has 1 atom stereocenters. The van der Waals surface area contributed by atoms with E-state index < -0.39 is 21.8 Å². The van der Waals surface area contributed by atoms with E-state index in [1.54, 1.807) is 6.92 Å². The Kier molecular flexibility index (Phi) is 4.58. The Morgan fingerprint density at radius 2 is 2.04 bits per heavy atom. The summed E-state index contributed by atoms with van der Waals surface area (Å²) in [5.74, 6) is -0.113. The highest BCUT2D eigenvalue weighted by Gasteiger charge is 2.23. The molecule has 0 radical (unpaired) electrons. The van der Waals surface area contributed by atoms with Gasteiger partial charge in [0.2, 0.25) is 5.91 Å². The average molecular weight is 362 g/mol. The van der Waals surface area contributed by atoms with Gasteiger partial charge in [-0.3, -0.25) is 9.36 Å². The lowest BCUT2D eigenvalue weighted by molar-refractivity contribution is -0.122. The van der Waals surface area contributed by atoms with Gasteiger partial charge in [-0.15, -0.1) is 0 Å². The van der Waals surface area contributed by atoms with E-state index >= 15 is 0 Å². The number of nitrogens with zero attached hydrogens (tertiary/aromatic N) is 3. The van der Waals surface area contributed by atoms with Crippen molar-refractivity contribution in [3.8, 4) is 0 Å². The van der Waals surface area contributed by atoms with Crippen LogP contribution in [0.5, 0.6) is 0 Å². The van der Waals surface area contributed by atoms with Gasteiger partial charge < -0.3 is 5.32 Å². The van der Waals surface area contributed by atoms with E-state index in [2.05, 4.69) is 10.4 Å². The lowest BCUT2D eigenvalue weighted by Gasteiger charge is -2.09. The van der Waals surface area contributed by atoms with Crippen LogP contribution in [0.25, 0.3) is 0 Å². The molecule has 0 aliphatic carbocycles. The Morgan fingerprint density at radius 1 is 1.32 bits per heavy atom. The van der Waals surface area contributed by atoms with Crippen LogP contribution >= 0.6 is 0 Å². The first-order valence-electron chi connectivity index (χ1n) is 7.72. The van der Waals surface area contributed by atoms with Gasteiger partial charge in [0.25, 0.3) is 0 Å². The fourth-order valence-electron chi connectivity index (χ4n) is 2.65. The highest BCUT2D eigenvalue weighted by molar-refractivity contribution is 7.94. The molecule has 0 unspecified atom stereocenters. The van der Waals surface area contributed by atoms with E-state index in [1.807, 2.05) is 30.3 Å². The van der Waals surface area contributed by atoms with E-state index in [1.165, 1.54) is 10.6 Å². The highest BCUT2D eigenvalue weighted by atomic mass is 32.2. The summed E-state index contributed by atoms with van der Waals surface area (Å²) >= 11 is 0. The Labute approximate surface area is 144 Å². The summed E-state index contributed by atoms with van der Waals surface area (Å²) in [6.07, 6.45) is 1.43. The second-order valence-corrected chi connectivity index (χ2v) is 7.82. The number of benzene rings is 1. The van der Waals surface area contributed by atoms with Crippen LogP contribution in [0.15, 0.2) is 46.6 Å². The molecule has 25 heavy (non-hydrogen) atoms. The molecule has 2 aromatic rings. The Bertz CT molecular complexity index is 973. The zero-order chi connectivity index (χ0) is 18.0. The number of hydrogen-bond acceptors (Lipinski definition) is 5. The SMILES string of the molecule is Cc1nn(CC(=O)N[C@@H]2C=CS(=O)(=O)C2)c(=O)n1Cc1ccccc1. The van der Waals surface area contributed by atoms with E-state index in [-0.39, 0.29) is 18.0 Å². The van der Waals surface area contributed by atoms with Crippen LogP contribution in [-0.4, -0.2) is 40.5 Å². The van der Waals surface area contributed by atoms with Crippen molar-refractivity contribution in [2.75, 3.05) is 5.75 Å². The van der Waals surface area contributed by atoms with Gasteiger partial charge in [-0.05, 0) is 18.6 Å². The van der Waals surface area contributed by atoms with Crippen LogP contribution in [0, 0.1) is 6.92 Å². The molecule has 1 aromatic heterocycles. The zero-order valence-electron chi connectivity index (χ0n) is 13.6. The van der Waals surface area contributed by atoms with Crippen LogP contribution in [0.3, 0.4) is 0 Å². The van der Waals surface area contributed by atoms with Crippen LogP contribution in [0.4, 0.5) is 0 Å². The largest absolute Gasteiger partial charge is 0.347 e. The van der Waals surface area contributed by atoms with Crippen LogP contribution in [0.2, 0.25) is 0 Å². The molecule has 3 rings (SSSR count). The van der Waals surface area contributed by atoms with Crippen molar-refractivity contribution in [3.63, 3.8) is 0 Å². The van der Waals surface area contributed by atoms with Crippen LogP contribution in [0.1, 0.15) is 11.4 Å². The van der Waals surface area contributed by atoms with Crippen molar-refractivity contribution in [2.24, 2.45) is 0 Å². The predicted molar refractivity (Wildman–Crippen MR) is 91.6 cm³/mol. The molecule has 0 bridgehead atoms. The quantitative estimate of drug-likeness (QED) is 0.795. The molecule has 1 aromatic carbocycles. The third-order valence-corrected chi connectivity index (χ3v) is 5.26. The third kappa shape index (κ3) is 4.05. The number of nitrogens with one attached hydrogen (secondary N) is 1. The predicted octanol–water partition coefficient (Wildman–Crippen LogP) is -0.172. The fraction of sp³-hybridized carbons (Fsp3) is 0.312. The van der Waals surface area contributed by atoms with Crippen molar-refractivity contribution in [2.45, 2.75) is 26.1 Å². The first kappa shape index (κ1) is 17.2. The van der Waals surface area contributed by atoms with Crippen molar-refractivity contribution < 1.29 is 13.2 Å². The smallest absolute Gasteiger partial charge is 0.346 e. The van der Waals surface area contributed by atoms with Crippen LogP contribution < -0.4 is 11.0 Å². The molecule has 0 spiro atoms. The second-order valence-electron chi connectivity index (χ2n) is 5.89. The molecule has 8 nitrogen and oxygen atoms in total. The Balaban J connectivity index is 1.69. The molecular formula is C16H18N4O4S. The minimum atomic E-state index is -3.24. The van der Waals surface area contributed by atoms with Gasteiger partial charge in [0.15, 0.2) is 9.84 Å². The van der Waals surface area contributed by atoms with E-state index in [9.17, 15) is 18.0 Å². The number of sulfone groups is 1. The Morgan fingerprint density at radius 3 is 2.68 bits per heavy atom. The van der Waals surface area contributed by atoms with E-state index in [0.29, 0.717) is 12.4 Å². The van der Waals surface area contributed by atoms with Crippen molar-refractivity contribution in [1.82, 2.24) is 19.7 Å². The molecule has 0 saturated heterocycles. The lowest BCUT2D eigenvalue weighted by Crippen LogP contribution is -2.39. The summed E-state index contributed by atoms with van der Waals surface area (Å²) < 4.78 is 25.3. The van der Waals surface area contributed by atoms with Gasteiger partial charge in [-0.25, -0.2) is 17.9 Å². The first-order valence-corrected chi connectivity index (χ1v) is 9.44. The maximum Gasteiger partial charge on any atom is 0.346 e. The molecule has 132 valence electrons. The molecule has 1 N–H and O–H groups in total. The molecular weight excluding hydrogens is 344 g/mol. The van der Waals surface area contributed by atoms with Crippen molar-refractivity contribution in [1.29, 1.82) is 0 Å². The Hall–Kier alpha value is -2.68. The van der Waals surface area contributed by atoms with E-state index in [0.717, 1.165) is 15.7 Å². The first-order chi connectivity index (χ1) is 11.8. The van der Waals surface area contributed by atoms with Crippen molar-refractivity contribution in [3.05, 3.63) is 63.7 Å². The average Bonchev–Trinajstić information content (AvgIpc) is 3.02. The highest BCUT2D eigenvalue weighted by Crippen LogP contribution is 2.07. The van der Waals surface area contributed by atoms with Gasteiger partial charge in [-0.2, -0.15) is 5.10 Å². The molecule has 0 fully saturated rings. The number of aromatic nitrogens is 3. The maximum atomic E-state index is 12.4. The number of hydrogen-bond donors (Lipinski definition) is 1. The topological polar surface area (TPSA) is 103 Å². The summed E-state index contributed by atoms with van der Waals surface area (Å²) in [7, 11) is -3.24. The summed E-state index contributed by atoms with van der Waals surface area (Å²) in [4.78, 5) is 24.5. The number of rotatable bonds is 5. The summed E-state index contributed by atoms with van der Waals surface area (Å²) in [6.45, 7) is 1.81. The summed E-state index contributed by atoms with van der Waals surface area (Å²) in [6, 6.07) is 8.91. The molecule has 2 heterocycles. The monoisotopic (exact) mass is 362 g/mol. The van der Waals surface area contributed by atoms with E-state index in [4.69, 9.17) is 0 Å². The van der Waals surface area contributed by atoms with Gasteiger partial charge in [-0.1, -0.05) is 30.3 Å². The van der Waals surface area contributed by atoms with Crippen molar-refractivity contribution >= 4 is 15.7 Å². The minimum Gasteiger partial charge on any atom is -0.347 e.